The van der Waals surface area contributed by atoms with E-state index in [1.54, 1.807) is 12.1 Å². The lowest BCUT2D eigenvalue weighted by atomic mass is 10.1. The van der Waals surface area contributed by atoms with E-state index in [2.05, 4.69) is 14.9 Å². The van der Waals surface area contributed by atoms with Gasteiger partial charge in [-0.3, -0.25) is 9.82 Å². The van der Waals surface area contributed by atoms with Crippen LogP contribution in [0.1, 0.15) is 5.56 Å². The molecule has 0 saturated carbocycles. The number of rotatable bonds is 7. The molecule has 0 unspecified atom stereocenters. The molecule has 0 fully saturated rings. The molecule has 9 heteroatoms. The number of nitrogens with one attached hydrogen (secondary N) is 2. The summed E-state index contributed by atoms with van der Waals surface area (Å²) >= 11 is 0. The molecule has 0 aliphatic rings. The highest BCUT2D eigenvalue weighted by atomic mass is 32.2. The Morgan fingerprint density at radius 1 is 1.13 bits per heavy atom. The molecule has 0 saturated heterocycles. The Bertz CT molecular complexity index is 760. The fourth-order valence-corrected chi connectivity index (χ4v) is 2.64. The minimum Gasteiger partial charge on any atom is -0.496 e. The van der Waals surface area contributed by atoms with Crippen molar-refractivity contribution in [3.8, 4) is 17.2 Å². The molecule has 8 nitrogen and oxygen atoms in total. The van der Waals surface area contributed by atoms with E-state index in [1.807, 2.05) is 0 Å². The molecule has 1 aromatic heterocycles. The quantitative estimate of drug-likeness (QED) is 0.798. The lowest BCUT2D eigenvalue weighted by Gasteiger charge is -2.12. The van der Waals surface area contributed by atoms with E-state index in [0.717, 1.165) is 5.41 Å². The van der Waals surface area contributed by atoms with Crippen molar-refractivity contribution in [3.63, 3.8) is 0 Å². The molecular weight excluding hydrogens is 322 g/mol. The standard InChI is InChI=1S/C14H17N3O5S/c1-20-10-8-12(21-2)11(13(9-10)22-3)5-7-23(18,19)17-14-4-6-15-16-14/h4-9H,1-3H3,(H2,15,16,17). The van der Waals surface area contributed by atoms with Crippen molar-refractivity contribution in [2.24, 2.45) is 0 Å². The number of ether oxygens (including phenoxy) is 3. The molecule has 124 valence electrons. The molecule has 2 N–H and O–H groups in total. The highest BCUT2D eigenvalue weighted by Crippen LogP contribution is 2.35. The van der Waals surface area contributed by atoms with Gasteiger partial charge < -0.3 is 14.2 Å². The summed E-state index contributed by atoms with van der Waals surface area (Å²) < 4.78 is 42.0. The molecule has 0 atom stereocenters. The van der Waals surface area contributed by atoms with Gasteiger partial charge in [-0.15, -0.1) is 0 Å². The second kappa shape index (κ2) is 7.05. The van der Waals surface area contributed by atoms with Crippen molar-refractivity contribution in [3.05, 3.63) is 35.4 Å². The van der Waals surface area contributed by atoms with Gasteiger partial charge in [0.25, 0.3) is 10.0 Å². The third-order valence-corrected chi connectivity index (χ3v) is 3.90. The van der Waals surface area contributed by atoms with Gasteiger partial charge >= 0.3 is 0 Å². The fourth-order valence-electron chi connectivity index (χ4n) is 1.85. The summed E-state index contributed by atoms with van der Waals surface area (Å²) in [5.74, 6) is 1.58. The van der Waals surface area contributed by atoms with Crippen molar-refractivity contribution >= 4 is 21.9 Å². The minimum absolute atomic E-state index is 0.198. The van der Waals surface area contributed by atoms with Crippen LogP contribution in [0.5, 0.6) is 17.2 Å². The molecule has 0 aliphatic carbocycles. The first-order chi connectivity index (χ1) is 11.0. The zero-order valence-corrected chi connectivity index (χ0v) is 13.7. The monoisotopic (exact) mass is 339 g/mol. The summed E-state index contributed by atoms with van der Waals surface area (Å²) in [4.78, 5) is 0. The maximum atomic E-state index is 12.0. The highest BCUT2D eigenvalue weighted by Gasteiger charge is 2.13. The summed E-state index contributed by atoms with van der Waals surface area (Å²) in [5, 5.41) is 7.26. The van der Waals surface area contributed by atoms with Gasteiger partial charge in [-0.25, -0.2) is 8.42 Å². The van der Waals surface area contributed by atoms with E-state index in [4.69, 9.17) is 14.2 Å². The molecule has 1 heterocycles. The van der Waals surface area contributed by atoms with Crippen LogP contribution in [0.25, 0.3) is 6.08 Å². The van der Waals surface area contributed by atoms with Crippen LogP contribution in [0.15, 0.2) is 29.8 Å². The number of nitrogens with zero attached hydrogens (tertiary/aromatic N) is 1. The molecule has 0 spiro atoms. The maximum absolute atomic E-state index is 12.0. The third-order valence-electron chi connectivity index (χ3n) is 2.91. The zero-order chi connectivity index (χ0) is 16.9. The predicted octanol–water partition coefficient (Wildman–Crippen LogP) is 1.85. The van der Waals surface area contributed by atoms with Gasteiger partial charge in [-0.05, 0) is 6.08 Å². The van der Waals surface area contributed by atoms with Crippen LogP contribution in [0, 0.1) is 0 Å². The van der Waals surface area contributed by atoms with Crippen LogP contribution >= 0.6 is 0 Å². The first kappa shape index (κ1) is 16.7. The molecule has 2 rings (SSSR count). The number of hydrogen-bond donors (Lipinski definition) is 2. The molecule has 23 heavy (non-hydrogen) atoms. The van der Waals surface area contributed by atoms with Crippen molar-refractivity contribution in [2.45, 2.75) is 0 Å². The average molecular weight is 339 g/mol. The molecular formula is C14H17N3O5S. The molecule has 0 bridgehead atoms. The van der Waals surface area contributed by atoms with Crippen molar-refractivity contribution < 1.29 is 22.6 Å². The smallest absolute Gasteiger partial charge is 0.256 e. The highest BCUT2D eigenvalue weighted by molar-refractivity contribution is 7.95. The van der Waals surface area contributed by atoms with Gasteiger partial charge in [0, 0.05) is 24.4 Å². The SMILES string of the molecule is COc1cc(OC)c(C=CS(=O)(=O)Nc2cc[nH]n2)c(OC)c1. The van der Waals surface area contributed by atoms with E-state index >= 15 is 0 Å². The summed E-state index contributed by atoms with van der Waals surface area (Å²) in [6.07, 6.45) is 2.89. The van der Waals surface area contributed by atoms with E-state index in [0.29, 0.717) is 22.8 Å². The summed E-state index contributed by atoms with van der Waals surface area (Å²) in [6, 6.07) is 4.77. The van der Waals surface area contributed by atoms with Gasteiger partial charge in [0.15, 0.2) is 5.82 Å². The van der Waals surface area contributed by atoms with Crippen molar-refractivity contribution in [1.82, 2.24) is 10.2 Å². The Hall–Kier alpha value is -2.68. The van der Waals surface area contributed by atoms with Crippen LogP contribution in [0.3, 0.4) is 0 Å². The average Bonchev–Trinajstić information content (AvgIpc) is 3.04. The zero-order valence-electron chi connectivity index (χ0n) is 12.9. The van der Waals surface area contributed by atoms with Gasteiger partial charge in [0.2, 0.25) is 0 Å². The maximum Gasteiger partial charge on any atom is 0.256 e. The Labute approximate surface area is 134 Å². The second-order valence-corrected chi connectivity index (χ2v) is 5.92. The number of anilines is 1. The fraction of sp³-hybridized carbons (Fsp3) is 0.214. The van der Waals surface area contributed by atoms with Crippen molar-refractivity contribution in [1.29, 1.82) is 0 Å². The van der Waals surface area contributed by atoms with E-state index in [1.165, 1.54) is 39.7 Å². The van der Waals surface area contributed by atoms with Gasteiger partial charge in [-0.2, -0.15) is 5.10 Å². The second-order valence-electron chi connectivity index (χ2n) is 4.35. The molecule has 2 aromatic rings. The number of methoxy groups -OCH3 is 3. The van der Waals surface area contributed by atoms with Crippen LogP contribution in [0.4, 0.5) is 5.82 Å². The summed E-state index contributed by atoms with van der Waals surface area (Å²) in [7, 11) is 0.741. The van der Waals surface area contributed by atoms with Crippen molar-refractivity contribution in [2.75, 3.05) is 26.1 Å². The Morgan fingerprint density at radius 2 is 1.78 bits per heavy atom. The number of benzene rings is 1. The third kappa shape index (κ3) is 4.16. The summed E-state index contributed by atoms with van der Waals surface area (Å²) in [6.45, 7) is 0. The predicted molar refractivity (Wildman–Crippen MR) is 86.3 cm³/mol. The molecule has 0 aliphatic heterocycles. The van der Waals surface area contributed by atoms with Gasteiger partial charge in [0.1, 0.15) is 17.2 Å². The summed E-state index contributed by atoms with van der Waals surface area (Å²) in [5.41, 5.74) is 0.475. The van der Waals surface area contributed by atoms with Crippen LogP contribution in [-0.4, -0.2) is 39.9 Å². The molecule has 0 radical (unpaired) electrons. The van der Waals surface area contributed by atoms with Crippen LogP contribution in [0.2, 0.25) is 0 Å². The Morgan fingerprint density at radius 3 is 2.26 bits per heavy atom. The number of aromatic amines is 1. The lowest BCUT2D eigenvalue weighted by molar-refractivity contribution is 0.374. The van der Waals surface area contributed by atoms with E-state index in [9.17, 15) is 8.42 Å². The largest absolute Gasteiger partial charge is 0.496 e. The first-order valence-electron chi connectivity index (χ1n) is 6.49. The van der Waals surface area contributed by atoms with Crippen LogP contribution in [-0.2, 0) is 10.0 Å². The number of H-pyrrole nitrogens is 1. The Balaban J connectivity index is 2.34. The lowest BCUT2D eigenvalue weighted by Crippen LogP contribution is -2.09. The van der Waals surface area contributed by atoms with E-state index < -0.39 is 10.0 Å². The van der Waals surface area contributed by atoms with Gasteiger partial charge in [-0.1, -0.05) is 0 Å². The molecule has 1 aromatic carbocycles. The minimum atomic E-state index is -3.72. The van der Waals surface area contributed by atoms with Gasteiger partial charge in [0.05, 0.1) is 32.3 Å². The Kier molecular flexibility index (Phi) is 5.12. The number of hydrogen-bond acceptors (Lipinski definition) is 6. The number of sulfonamides is 1. The van der Waals surface area contributed by atoms with Crippen LogP contribution < -0.4 is 18.9 Å². The topological polar surface area (TPSA) is 103 Å². The normalized spacial score (nSPS) is 11.4. The first-order valence-corrected chi connectivity index (χ1v) is 8.04. The van der Waals surface area contributed by atoms with E-state index in [-0.39, 0.29) is 5.82 Å². The molecule has 0 amide bonds. The number of aromatic nitrogens is 2.